The van der Waals surface area contributed by atoms with Crippen molar-refractivity contribution in [3.8, 4) is 11.5 Å². The number of hydrogen-bond acceptors (Lipinski definition) is 7. The highest BCUT2D eigenvalue weighted by molar-refractivity contribution is 5.92. The fourth-order valence-electron chi connectivity index (χ4n) is 4.22. The Morgan fingerprint density at radius 1 is 1.22 bits per heavy atom. The minimum absolute atomic E-state index is 0.127. The van der Waals surface area contributed by atoms with E-state index < -0.39 is 0 Å². The van der Waals surface area contributed by atoms with Gasteiger partial charge in [-0.05, 0) is 46.1 Å². The summed E-state index contributed by atoms with van der Waals surface area (Å²) in [4.78, 5) is 27.0. The van der Waals surface area contributed by atoms with E-state index in [9.17, 15) is 9.59 Å². The Morgan fingerprint density at radius 3 is 2.72 bits per heavy atom. The molecule has 2 aliphatic rings. The lowest BCUT2D eigenvalue weighted by Crippen LogP contribution is -2.42. The van der Waals surface area contributed by atoms with E-state index in [4.69, 9.17) is 18.6 Å². The summed E-state index contributed by atoms with van der Waals surface area (Å²) >= 11 is 0. The SMILES string of the molecule is Cc1c(C)c2c(OCC(=O)NCCN3CCOCC3)cc3c(c2oc1=O)CCC(C)(C)O3. The van der Waals surface area contributed by atoms with Gasteiger partial charge in [0.05, 0.1) is 18.6 Å². The van der Waals surface area contributed by atoms with E-state index in [1.165, 1.54) is 0 Å². The number of rotatable bonds is 6. The molecular weight excluding hydrogens is 412 g/mol. The molecule has 0 aliphatic carbocycles. The van der Waals surface area contributed by atoms with E-state index in [1.807, 2.05) is 26.8 Å². The van der Waals surface area contributed by atoms with Crippen LogP contribution in [0.1, 0.15) is 37.0 Å². The van der Waals surface area contributed by atoms with E-state index >= 15 is 0 Å². The fraction of sp³-hybridized carbons (Fsp3) is 0.583. The quantitative estimate of drug-likeness (QED) is 0.684. The highest BCUT2D eigenvalue weighted by Crippen LogP contribution is 2.43. The first-order chi connectivity index (χ1) is 15.2. The standard InChI is InChI=1S/C24H32N2O6/c1-15-16(2)23(28)31-22-17-5-6-24(3,4)32-18(17)13-19(21(15)22)30-14-20(27)25-7-8-26-9-11-29-12-10-26/h13H,5-12,14H2,1-4H3,(H,25,27). The molecule has 2 aromatic rings. The number of carbonyl (C=O) groups is 1. The second-order valence-corrected chi connectivity index (χ2v) is 9.15. The summed E-state index contributed by atoms with van der Waals surface area (Å²) < 4.78 is 23.1. The zero-order valence-electron chi connectivity index (χ0n) is 19.3. The molecular formula is C24H32N2O6. The summed E-state index contributed by atoms with van der Waals surface area (Å²) in [5.74, 6) is 0.934. The molecule has 1 amide bonds. The van der Waals surface area contributed by atoms with Crippen LogP contribution in [0.5, 0.6) is 11.5 Å². The van der Waals surface area contributed by atoms with E-state index in [0.717, 1.165) is 62.2 Å². The molecule has 1 aromatic heterocycles. The topological polar surface area (TPSA) is 90.2 Å². The number of fused-ring (bicyclic) bond motifs is 3. The van der Waals surface area contributed by atoms with E-state index in [2.05, 4.69) is 10.2 Å². The largest absolute Gasteiger partial charge is 0.487 e. The van der Waals surface area contributed by atoms with Crippen LogP contribution in [-0.4, -0.2) is 62.4 Å². The van der Waals surface area contributed by atoms with Crippen LogP contribution in [-0.2, 0) is 16.0 Å². The van der Waals surface area contributed by atoms with Crippen molar-refractivity contribution in [1.29, 1.82) is 0 Å². The Kier molecular flexibility index (Phi) is 6.44. The summed E-state index contributed by atoms with van der Waals surface area (Å²) in [5.41, 5.74) is 2.02. The van der Waals surface area contributed by atoms with Crippen molar-refractivity contribution in [2.24, 2.45) is 0 Å². The minimum atomic E-state index is -0.361. The molecule has 0 bridgehead atoms. The van der Waals surface area contributed by atoms with Gasteiger partial charge in [0.15, 0.2) is 6.61 Å². The first-order valence-corrected chi connectivity index (χ1v) is 11.2. The monoisotopic (exact) mass is 444 g/mol. The van der Waals surface area contributed by atoms with Gasteiger partial charge in [0.1, 0.15) is 22.7 Å². The molecule has 32 heavy (non-hydrogen) atoms. The second-order valence-electron chi connectivity index (χ2n) is 9.15. The van der Waals surface area contributed by atoms with Gasteiger partial charge in [0.2, 0.25) is 0 Å². The van der Waals surface area contributed by atoms with Crippen molar-refractivity contribution in [3.63, 3.8) is 0 Å². The van der Waals surface area contributed by atoms with Crippen LogP contribution in [0.4, 0.5) is 0 Å². The molecule has 0 unspecified atom stereocenters. The Labute approximate surface area is 187 Å². The summed E-state index contributed by atoms with van der Waals surface area (Å²) in [7, 11) is 0. The summed E-state index contributed by atoms with van der Waals surface area (Å²) in [6.45, 7) is 12.1. The second kappa shape index (κ2) is 9.11. The molecule has 8 heteroatoms. The molecule has 1 saturated heterocycles. The third kappa shape index (κ3) is 4.76. The molecule has 4 rings (SSSR count). The van der Waals surface area contributed by atoms with E-state index in [1.54, 1.807) is 6.92 Å². The lowest BCUT2D eigenvalue weighted by Gasteiger charge is -2.33. The van der Waals surface area contributed by atoms with Crippen molar-refractivity contribution in [2.75, 3.05) is 46.0 Å². The zero-order valence-corrected chi connectivity index (χ0v) is 19.3. The molecule has 1 aromatic carbocycles. The van der Waals surface area contributed by atoms with Crippen molar-refractivity contribution in [2.45, 2.75) is 46.1 Å². The van der Waals surface area contributed by atoms with Gasteiger partial charge in [-0.1, -0.05) is 0 Å². The predicted octanol–water partition coefficient (Wildman–Crippen LogP) is 2.34. The number of morpholine rings is 1. The van der Waals surface area contributed by atoms with E-state index in [0.29, 0.717) is 29.2 Å². The average molecular weight is 445 g/mol. The van der Waals surface area contributed by atoms with Crippen molar-refractivity contribution < 1.29 is 23.4 Å². The normalized spacial score (nSPS) is 18.1. The number of amides is 1. The first-order valence-electron chi connectivity index (χ1n) is 11.2. The molecule has 1 N–H and O–H groups in total. The highest BCUT2D eigenvalue weighted by atomic mass is 16.5. The number of nitrogens with one attached hydrogen (secondary N) is 1. The minimum Gasteiger partial charge on any atom is -0.487 e. The van der Waals surface area contributed by atoms with Gasteiger partial charge in [-0.25, -0.2) is 4.79 Å². The number of nitrogens with zero attached hydrogens (tertiary/aromatic N) is 1. The van der Waals surface area contributed by atoms with Crippen molar-refractivity contribution >= 4 is 16.9 Å². The predicted molar refractivity (Wildman–Crippen MR) is 121 cm³/mol. The van der Waals surface area contributed by atoms with Gasteiger partial charge >= 0.3 is 5.63 Å². The maximum atomic E-state index is 12.4. The molecule has 2 aliphatic heterocycles. The van der Waals surface area contributed by atoms with Crippen LogP contribution in [0, 0.1) is 13.8 Å². The number of hydrogen-bond donors (Lipinski definition) is 1. The van der Waals surface area contributed by atoms with Crippen LogP contribution < -0.4 is 20.4 Å². The molecule has 8 nitrogen and oxygen atoms in total. The van der Waals surface area contributed by atoms with Gasteiger partial charge in [-0.3, -0.25) is 9.69 Å². The third-order valence-electron chi connectivity index (χ3n) is 6.32. The molecule has 0 radical (unpaired) electrons. The summed E-state index contributed by atoms with van der Waals surface area (Å²) in [6.07, 6.45) is 1.56. The van der Waals surface area contributed by atoms with Crippen molar-refractivity contribution in [1.82, 2.24) is 10.2 Å². The average Bonchev–Trinajstić information content (AvgIpc) is 2.75. The maximum absolute atomic E-state index is 12.4. The molecule has 3 heterocycles. The third-order valence-corrected chi connectivity index (χ3v) is 6.32. The van der Waals surface area contributed by atoms with Gasteiger partial charge in [0, 0.05) is 43.4 Å². The van der Waals surface area contributed by atoms with E-state index in [-0.39, 0.29) is 23.7 Å². The van der Waals surface area contributed by atoms with Crippen LogP contribution >= 0.6 is 0 Å². The zero-order chi connectivity index (χ0) is 22.9. The lowest BCUT2D eigenvalue weighted by atomic mass is 9.92. The Morgan fingerprint density at radius 2 is 1.97 bits per heavy atom. The van der Waals surface area contributed by atoms with Gasteiger partial charge in [0.25, 0.3) is 5.91 Å². The fourth-order valence-corrected chi connectivity index (χ4v) is 4.22. The van der Waals surface area contributed by atoms with Crippen LogP contribution in [0.2, 0.25) is 0 Å². The Hall–Kier alpha value is -2.58. The van der Waals surface area contributed by atoms with Gasteiger partial charge < -0.3 is 23.9 Å². The smallest absolute Gasteiger partial charge is 0.339 e. The number of ether oxygens (including phenoxy) is 3. The molecule has 0 spiro atoms. The van der Waals surface area contributed by atoms with Gasteiger partial charge in [-0.15, -0.1) is 0 Å². The Balaban J connectivity index is 1.53. The lowest BCUT2D eigenvalue weighted by molar-refractivity contribution is -0.123. The summed E-state index contributed by atoms with van der Waals surface area (Å²) in [6, 6.07) is 1.83. The summed E-state index contributed by atoms with van der Waals surface area (Å²) in [5, 5.41) is 3.63. The van der Waals surface area contributed by atoms with Crippen LogP contribution in [0.15, 0.2) is 15.3 Å². The molecule has 0 saturated carbocycles. The maximum Gasteiger partial charge on any atom is 0.339 e. The first kappa shape index (κ1) is 22.6. The van der Waals surface area contributed by atoms with Gasteiger partial charge in [-0.2, -0.15) is 0 Å². The molecule has 0 atom stereocenters. The van der Waals surface area contributed by atoms with Crippen molar-refractivity contribution in [3.05, 3.63) is 33.2 Å². The van der Waals surface area contributed by atoms with Crippen LogP contribution in [0.3, 0.4) is 0 Å². The molecule has 174 valence electrons. The Bertz CT molecular complexity index is 1070. The number of carbonyl (C=O) groups excluding carboxylic acids is 1. The van der Waals surface area contributed by atoms with Crippen LogP contribution in [0.25, 0.3) is 11.0 Å². The number of benzene rings is 1. The number of aryl methyl sites for hydroxylation is 2. The molecule has 1 fully saturated rings. The highest BCUT2D eigenvalue weighted by Gasteiger charge is 2.31.